The van der Waals surface area contributed by atoms with Gasteiger partial charge in [-0.1, -0.05) is 12.1 Å². The van der Waals surface area contributed by atoms with Crippen LogP contribution in [0.25, 0.3) is 0 Å². The summed E-state index contributed by atoms with van der Waals surface area (Å²) in [6.07, 6.45) is 1.46. The highest BCUT2D eigenvalue weighted by atomic mass is 16.5. The Hall–Kier alpha value is -2.87. The number of hydrogen-bond acceptors (Lipinski definition) is 5. The van der Waals surface area contributed by atoms with Crippen molar-refractivity contribution in [2.45, 2.75) is 44.9 Å². The van der Waals surface area contributed by atoms with E-state index in [1.54, 1.807) is 13.1 Å². The molecule has 8 heteroatoms. The molecule has 28 heavy (non-hydrogen) atoms. The van der Waals surface area contributed by atoms with Gasteiger partial charge in [-0.2, -0.15) is 5.10 Å². The number of nitrogens with one attached hydrogen (secondary N) is 2. The molecule has 0 spiro atoms. The van der Waals surface area contributed by atoms with Gasteiger partial charge in [0.15, 0.2) is 5.69 Å². The summed E-state index contributed by atoms with van der Waals surface area (Å²) in [5.74, 6) is -0.00831. The summed E-state index contributed by atoms with van der Waals surface area (Å²) in [6, 6.07) is 6.51. The van der Waals surface area contributed by atoms with Crippen LogP contribution in [0.2, 0.25) is 0 Å². The summed E-state index contributed by atoms with van der Waals surface area (Å²) in [4.78, 5) is 27.2. The molecule has 0 saturated carbocycles. The minimum atomic E-state index is -0.796. The monoisotopic (exact) mass is 384 g/mol. The molecule has 2 N–H and O–H groups in total. The van der Waals surface area contributed by atoms with Gasteiger partial charge in [-0.25, -0.2) is 0 Å². The van der Waals surface area contributed by atoms with E-state index < -0.39 is 11.9 Å². The Labute approximate surface area is 163 Å². The third-order valence-electron chi connectivity index (χ3n) is 5.32. The highest BCUT2D eigenvalue weighted by Crippen LogP contribution is 2.30. The number of rotatable bonds is 2. The Morgan fingerprint density at radius 1 is 1.36 bits per heavy atom. The van der Waals surface area contributed by atoms with Crippen molar-refractivity contribution < 1.29 is 19.1 Å². The normalized spacial score (nSPS) is 21.0. The average Bonchev–Trinajstić information content (AvgIpc) is 2.98. The highest BCUT2D eigenvalue weighted by molar-refractivity contribution is 6.03. The summed E-state index contributed by atoms with van der Waals surface area (Å²) >= 11 is 0. The van der Waals surface area contributed by atoms with Crippen LogP contribution in [0.5, 0.6) is 5.75 Å². The van der Waals surface area contributed by atoms with Gasteiger partial charge in [0, 0.05) is 12.6 Å². The molecule has 2 aliphatic heterocycles. The van der Waals surface area contributed by atoms with E-state index in [9.17, 15) is 9.59 Å². The maximum absolute atomic E-state index is 12.9. The zero-order chi connectivity index (χ0) is 19.9. The van der Waals surface area contributed by atoms with E-state index in [-0.39, 0.29) is 18.1 Å². The first-order chi connectivity index (χ1) is 13.4. The summed E-state index contributed by atoms with van der Waals surface area (Å²) in [5.41, 5.74) is 2.39. The van der Waals surface area contributed by atoms with Crippen LogP contribution in [0.1, 0.15) is 42.0 Å². The van der Waals surface area contributed by atoms with Gasteiger partial charge in [0.25, 0.3) is 11.8 Å². The number of carbonyl (C=O) groups excluding carboxylic acids is 2. The third kappa shape index (κ3) is 3.35. The number of H-pyrrole nitrogens is 1. The van der Waals surface area contributed by atoms with Gasteiger partial charge in [0.2, 0.25) is 0 Å². The molecule has 0 aliphatic carbocycles. The lowest BCUT2D eigenvalue weighted by molar-refractivity contribution is -0.120. The number of nitrogens with zero attached hydrogens (tertiary/aromatic N) is 2. The second-order valence-corrected chi connectivity index (χ2v) is 7.78. The molecule has 1 aromatic heterocycles. The largest absolute Gasteiger partial charge is 0.489 e. The molecule has 8 nitrogen and oxygen atoms in total. The van der Waals surface area contributed by atoms with Crippen molar-refractivity contribution in [3.05, 3.63) is 41.2 Å². The summed E-state index contributed by atoms with van der Waals surface area (Å²) in [6.45, 7) is 4.50. The van der Waals surface area contributed by atoms with E-state index in [1.165, 1.54) is 4.90 Å². The number of fused-ring (bicyclic) bond motifs is 2. The molecule has 2 aliphatic rings. The number of hydrogen-bond donors (Lipinski definition) is 2. The smallest absolute Gasteiger partial charge is 0.272 e. The van der Waals surface area contributed by atoms with Gasteiger partial charge in [-0.05, 0) is 38.8 Å². The van der Waals surface area contributed by atoms with E-state index >= 15 is 0 Å². The Bertz CT molecular complexity index is 921. The van der Waals surface area contributed by atoms with Gasteiger partial charge in [0.05, 0.1) is 23.6 Å². The molecule has 4 rings (SSSR count). The molecule has 2 amide bonds. The Morgan fingerprint density at radius 3 is 2.96 bits per heavy atom. The van der Waals surface area contributed by atoms with Crippen molar-refractivity contribution in [2.24, 2.45) is 0 Å². The topological polar surface area (TPSA) is 96.6 Å². The van der Waals surface area contributed by atoms with E-state index in [2.05, 4.69) is 15.5 Å². The zero-order valence-corrected chi connectivity index (χ0v) is 16.2. The zero-order valence-electron chi connectivity index (χ0n) is 16.2. The molecule has 3 heterocycles. The predicted octanol–water partition coefficient (Wildman–Crippen LogP) is 1.80. The molecule has 0 unspecified atom stereocenters. The van der Waals surface area contributed by atoms with Crippen molar-refractivity contribution in [1.29, 1.82) is 0 Å². The highest BCUT2D eigenvalue weighted by Gasteiger charge is 2.33. The number of benzene rings is 1. The lowest BCUT2D eigenvalue weighted by atomic mass is 9.98. The van der Waals surface area contributed by atoms with E-state index in [0.29, 0.717) is 30.2 Å². The van der Waals surface area contributed by atoms with E-state index in [0.717, 1.165) is 17.7 Å². The molecule has 1 atom stereocenters. The van der Waals surface area contributed by atoms with Crippen LogP contribution in [0.15, 0.2) is 24.3 Å². The number of ether oxygens (including phenoxy) is 2. The Kier molecular flexibility index (Phi) is 4.58. The fourth-order valence-corrected chi connectivity index (χ4v) is 3.53. The number of aromatic amines is 1. The third-order valence-corrected chi connectivity index (χ3v) is 5.32. The standard InChI is InChI=1S/C20H24N4O4/c1-20(2)9-8-12-13(11-28-20)22-23-17(12)18(25)21-14-10-27-16-7-5-4-6-15(16)24(3)19(14)26/h4-7,14H,8-11H2,1-3H3,(H,21,25)(H,22,23)/t14-/m0/s1. The molecule has 2 aromatic rings. The number of carbonyl (C=O) groups is 2. The second kappa shape index (κ2) is 6.94. The average molecular weight is 384 g/mol. The lowest BCUT2D eigenvalue weighted by Gasteiger charge is -2.22. The fourth-order valence-electron chi connectivity index (χ4n) is 3.53. The van der Waals surface area contributed by atoms with Crippen LogP contribution in [0, 0.1) is 0 Å². The molecule has 148 valence electrons. The first kappa shape index (κ1) is 18.5. The second-order valence-electron chi connectivity index (χ2n) is 7.78. The van der Waals surface area contributed by atoms with Crippen LogP contribution in [-0.2, 0) is 22.6 Å². The first-order valence-corrected chi connectivity index (χ1v) is 9.36. The number of likely N-dealkylation sites (N-methyl/N-ethyl adjacent to an activating group) is 1. The first-order valence-electron chi connectivity index (χ1n) is 9.36. The Balaban J connectivity index is 1.52. The van der Waals surface area contributed by atoms with Gasteiger partial charge < -0.3 is 19.7 Å². The Morgan fingerprint density at radius 2 is 2.14 bits per heavy atom. The van der Waals surface area contributed by atoms with Gasteiger partial charge in [-0.15, -0.1) is 0 Å². The summed E-state index contributed by atoms with van der Waals surface area (Å²) in [7, 11) is 1.68. The lowest BCUT2D eigenvalue weighted by Crippen LogP contribution is -2.49. The molecule has 0 fully saturated rings. The summed E-state index contributed by atoms with van der Waals surface area (Å²) in [5, 5.41) is 9.87. The van der Waals surface area contributed by atoms with E-state index in [1.807, 2.05) is 32.0 Å². The van der Waals surface area contributed by atoms with Crippen molar-refractivity contribution in [3.8, 4) is 5.75 Å². The van der Waals surface area contributed by atoms with Crippen LogP contribution < -0.4 is 15.0 Å². The maximum Gasteiger partial charge on any atom is 0.272 e. The van der Waals surface area contributed by atoms with Crippen LogP contribution in [-0.4, -0.2) is 47.3 Å². The van der Waals surface area contributed by atoms with Gasteiger partial charge >= 0.3 is 0 Å². The number of para-hydroxylation sites is 2. The van der Waals surface area contributed by atoms with Crippen LogP contribution in [0.4, 0.5) is 5.69 Å². The molecule has 0 saturated heterocycles. The molecule has 1 aromatic carbocycles. The molecular formula is C20H24N4O4. The molecular weight excluding hydrogens is 360 g/mol. The predicted molar refractivity (Wildman–Crippen MR) is 102 cm³/mol. The van der Waals surface area contributed by atoms with Crippen LogP contribution in [0.3, 0.4) is 0 Å². The van der Waals surface area contributed by atoms with Crippen LogP contribution >= 0.6 is 0 Å². The summed E-state index contributed by atoms with van der Waals surface area (Å²) < 4.78 is 11.6. The number of anilines is 1. The van der Waals surface area contributed by atoms with Crippen molar-refractivity contribution in [2.75, 3.05) is 18.6 Å². The minimum Gasteiger partial charge on any atom is -0.489 e. The van der Waals surface area contributed by atoms with Gasteiger partial charge in [-0.3, -0.25) is 14.7 Å². The van der Waals surface area contributed by atoms with Crippen molar-refractivity contribution in [1.82, 2.24) is 15.5 Å². The molecule has 0 bridgehead atoms. The quantitative estimate of drug-likeness (QED) is 0.823. The van der Waals surface area contributed by atoms with Crippen molar-refractivity contribution >= 4 is 17.5 Å². The molecule has 0 radical (unpaired) electrons. The van der Waals surface area contributed by atoms with E-state index in [4.69, 9.17) is 9.47 Å². The SMILES string of the molecule is CN1C(=O)[C@@H](NC(=O)c2n[nH]c3c2CCC(C)(C)OC3)COc2ccccc21. The number of amides is 2. The van der Waals surface area contributed by atoms with Crippen molar-refractivity contribution in [3.63, 3.8) is 0 Å². The fraction of sp³-hybridized carbons (Fsp3) is 0.450. The minimum absolute atomic E-state index is 0.0642. The number of aromatic nitrogens is 2. The van der Waals surface area contributed by atoms with Gasteiger partial charge in [0.1, 0.15) is 18.4 Å². The maximum atomic E-state index is 12.9.